The number of hydrogen-bond donors (Lipinski definition) is 2. The van der Waals surface area contributed by atoms with Crippen LogP contribution in [0.25, 0.3) is 38.4 Å². The summed E-state index contributed by atoms with van der Waals surface area (Å²) in [5.41, 5.74) is 9.02. The zero-order valence-electron chi connectivity index (χ0n) is 27.2. The van der Waals surface area contributed by atoms with Gasteiger partial charge in [-0.25, -0.2) is 9.67 Å². The molecule has 8 rings (SSSR count). The van der Waals surface area contributed by atoms with Crippen molar-refractivity contribution in [3.8, 4) is 11.4 Å². The lowest BCUT2D eigenvalue weighted by molar-refractivity contribution is -0.144. The number of carbonyl (C=O) groups is 2. The number of H-pyrrole nitrogens is 1. The lowest BCUT2D eigenvalue weighted by Crippen LogP contribution is -2.45. The number of fused-ring (bicyclic) bond motifs is 5. The lowest BCUT2D eigenvalue weighted by atomic mass is 9.89. The fourth-order valence-electron chi connectivity index (χ4n) is 7.27. The summed E-state index contributed by atoms with van der Waals surface area (Å²) in [6, 6.07) is 29.1. The van der Waals surface area contributed by atoms with Crippen molar-refractivity contribution in [2.45, 2.75) is 33.2 Å². The van der Waals surface area contributed by atoms with Gasteiger partial charge in [-0.1, -0.05) is 42.5 Å². The van der Waals surface area contributed by atoms with E-state index in [0.29, 0.717) is 18.7 Å². The van der Waals surface area contributed by atoms with Crippen LogP contribution in [0.5, 0.6) is 5.75 Å². The van der Waals surface area contributed by atoms with E-state index >= 15 is 0 Å². The van der Waals surface area contributed by atoms with Gasteiger partial charge in [0.05, 0.1) is 24.5 Å². The summed E-state index contributed by atoms with van der Waals surface area (Å²) in [7, 11) is 1.66. The summed E-state index contributed by atoms with van der Waals surface area (Å²) in [4.78, 5) is 37.8. The molecule has 9 nitrogen and oxygen atoms in total. The number of benzene rings is 4. The molecule has 4 aromatic carbocycles. The first-order chi connectivity index (χ1) is 23.3. The van der Waals surface area contributed by atoms with Gasteiger partial charge < -0.3 is 19.9 Å². The van der Waals surface area contributed by atoms with Gasteiger partial charge in [0.15, 0.2) is 5.65 Å². The molecule has 1 atom stereocenters. The van der Waals surface area contributed by atoms with E-state index < -0.39 is 17.9 Å². The molecule has 1 aliphatic heterocycles. The smallest absolute Gasteiger partial charge is 0.313 e. The maximum atomic E-state index is 14.1. The van der Waals surface area contributed by atoms with Crippen LogP contribution in [-0.4, -0.2) is 50.1 Å². The predicted octanol–water partition coefficient (Wildman–Crippen LogP) is 7.10. The van der Waals surface area contributed by atoms with Crippen molar-refractivity contribution in [1.82, 2.24) is 24.6 Å². The Morgan fingerprint density at radius 3 is 2.52 bits per heavy atom. The SMILES string of the molecule is COc1ccc2[nH]c3c(c2c1)CCN(C(=O)C(=O)Nc1ccc(-n2nc(C)c4c(C)cc(C)nc42)cc1)C3c1cccc2ccccc12. The molecule has 9 heteroatoms. The molecule has 238 valence electrons. The molecule has 0 aliphatic carbocycles. The van der Waals surface area contributed by atoms with Gasteiger partial charge in [0, 0.05) is 39.9 Å². The third-order valence-electron chi connectivity index (χ3n) is 9.41. The lowest BCUT2D eigenvalue weighted by Gasteiger charge is -2.36. The molecule has 2 N–H and O–H groups in total. The zero-order valence-corrected chi connectivity index (χ0v) is 27.2. The van der Waals surface area contributed by atoms with Crippen LogP contribution in [0, 0.1) is 20.8 Å². The number of nitrogens with one attached hydrogen (secondary N) is 2. The Balaban J connectivity index is 1.13. The molecule has 3 aromatic heterocycles. The quantitative estimate of drug-likeness (QED) is 0.201. The number of anilines is 1. The highest BCUT2D eigenvalue weighted by Crippen LogP contribution is 2.41. The maximum absolute atomic E-state index is 14.1. The minimum atomic E-state index is -0.692. The summed E-state index contributed by atoms with van der Waals surface area (Å²) in [6.45, 7) is 6.39. The van der Waals surface area contributed by atoms with Crippen molar-refractivity contribution in [2.24, 2.45) is 0 Å². The Morgan fingerprint density at radius 2 is 1.71 bits per heavy atom. The minimum absolute atomic E-state index is 0.383. The maximum Gasteiger partial charge on any atom is 0.313 e. The number of amides is 2. The minimum Gasteiger partial charge on any atom is -0.497 e. The molecule has 0 spiro atoms. The largest absolute Gasteiger partial charge is 0.497 e. The van der Waals surface area contributed by atoms with Crippen LogP contribution in [0.1, 0.15) is 39.8 Å². The number of methoxy groups -OCH3 is 1. The third kappa shape index (κ3) is 4.78. The fourth-order valence-corrected chi connectivity index (χ4v) is 7.27. The molecule has 7 aromatic rings. The average molecular weight is 635 g/mol. The number of carbonyl (C=O) groups excluding carboxylic acids is 2. The van der Waals surface area contributed by atoms with E-state index in [0.717, 1.165) is 77.9 Å². The van der Waals surface area contributed by atoms with Gasteiger partial charge in [-0.15, -0.1) is 0 Å². The van der Waals surface area contributed by atoms with E-state index in [2.05, 4.69) is 41.5 Å². The number of aromatic amines is 1. The Bertz CT molecular complexity index is 2400. The Kier molecular flexibility index (Phi) is 6.98. The molecule has 1 unspecified atom stereocenters. The Morgan fingerprint density at radius 1 is 0.917 bits per heavy atom. The monoisotopic (exact) mass is 634 g/mol. The summed E-state index contributed by atoms with van der Waals surface area (Å²) < 4.78 is 7.34. The van der Waals surface area contributed by atoms with E-state index in [1.807, 2.05) is 73.1 Å². The van der Waals surface area contributed by atoms with Crippen LogP contribution in [0.15, 0.2) is 91.0 Å². The number of ether oxygens (including phenoxy) is 1. The molecule has 0 bridgehead atoms. The summed E-state index contributed by atoms with van der Waals surface area (Å²) in [6.07, 6.45) is 0.599. The number of hydrogen-bond acceptors (Lipinski definition) is 5. The fraction of sp³-hybridized carbons (Fsp3) is 0.179. The molecule has 0 fully saturated rings. The second kappa shape index (κ2) is 11.4. The zero-order chi connectivity index (χ0) is 33.1. The highest BCUT2D eigenvalue weighted by atomic mass is 16.5. The normalized spacial score (nSPS) is 14.4. The van der Waals surface area contributed by atoms with Crippen molar-refractivity contribution < 1.29 is 14.3 Å². The standard InChI is InChI=1S/C39H34N6O3/c1-22-20-23(2)40-37-34(22)24(3)43-45(37)27-14-12-26(13-15-27)41-38(46)39(47)44-19-18-30-32-21-28(48-4)16-17-33(32)42-35(30)36(44)31-11-7-9-25-8-5-6-10-29(25)31/h5-17,20-21,36,42H,18-19H2,1-4H3,(H,41,46). The second-order valence-corrected chi connectivity index (χ2v) is 12.4. The van der Waals surface area contributed by atoms with Crippen LogP contribution in [0.2, 0.25) is 0 Å². The molecule has 0 radical (unpaired) electrons. The Hall–Kier alpha value is -5.96. The first-order valence-corrected chi connectivity index (χ1v) is 16.0. The van der Waals surface area contributed by atoms with E-state index in [1.54, 1.807) is 24.1 Å². The van der Waals surface area contributed by atoms with E-state index in [1.165, 1.54) is 0 Å². The van der Waals surface area contributed by atoms with Gasteiger partial charge in [0.25, 0.3) is 0 Å². The highest BCUT2D eigenvalue weighted by molar-refractivity contribution is 6.39. The van der Waals surface area contributed by atoms with E-state index in [4.69, 9.17) is 14.8 Å². The first kappa shape index (κ1) is 29.4. The number of rotatable bonds is 4. The summed E-state index contributed by atoms with van der Waals surface area (Å²) in [5.74, 6) is -0.516. The first-order valence-electron chi connectivity index (χ1n) is 16.0. The van der Waals surface area contributed by atoms with Crippen LogP contribution in [-0.2, 0) is 16.0 Å². The molecule has 2 amide bonds. The van der Waals surface area contributed by atoms with Crippen LogP contribution >= 0.6 is 0 Å². The third-order valence-corrected chi connectivity index (χ3v) is 9.41. The Labute approximate surface area is 277 Å². The van der Waals surface area contributed by atoms with Crippen molar-refractivity contribution in [3.05, 3.63) is 125 Å². The second-order valence-electron chi connectivity index (χ2n) is 12.4. The van der Waals surface area contributed by atoms with E-state index in [-0.39, 0.29) is 0 Å². The van der Waals surface area contributed by atoms with Crippen molar-refractivity contribution in [2.75, 3.05) is 19.0 Å². The van der Waals surface area contributed by atoms with Gasteiger partial charge in [0.1, 0.15) is 5.75 Å². The molecule has 0 saturated heterocycles. The molecule has 1 aliphatic rings. The van der Waals surface area contributed by atoms with Crippen molar-refractivity contribution >= 4 is 50.2 Å². The summed E-state index contributed by atoms with van der Waals surface area (Å²) in [5, 5.41) is 11.8. The van der Waals surface area contributed by atoms with Crippen LogP contribution in [0.3, 0.4) is 0 Å². The van der Waals surface area contributed by atoms with Crippen LogP contribution in [0.4, 0.5) is 5.69 Å². The highest BCUT2D eigenvalue weighted by Gasteiger charge is 2.38. The molecule has 0 saturated carbocycles. The topological polar surface area (TPSA) is 105 Å². The van der Waals surface area contributed by atoms with Crippen LogP contribution < -0.4 is 10.1 Å². The number of pyridine rings is 1. The van der Waals surface area contributed by atoms with Gasteiger partial charge >= 0.3 is 11.8 Å². The molecule has 48 heavy (non-hydrogen) atoms. The predicted molar refractivity (Wildman–Crippen MR) is 188 cm³/mol. The van der Waals surface area contributed by atoms with Gasteiger partial charge in [0.2, 0.25) is 0 Å². The van der Waals surface area contributed by atoms with Gasteiger partial charge in [-0.2, -0.15) is 5.10 Å². The number of aromatic nitrogens is 4. The van der Waals surface area contributed by atoms with Gasteiger partial charge in [-0.3, -0.25) is 9.59 Å². The molecular formula is C39H34N6O3. The average Bonchev–Trinajstić information content (AvgIpc) is 3.64. The molecule has 4 heterocycles. The molecular weight excluding hydrogens is 600 g/mol. The summed E-state index contributed by atoms with van der Waals surface area (Å²) >= 11 is 0. The van der Waals surface area contributed by atoms with E-state index in [9.17, 15) is 9.59 Å². The number of nitrogens with zero attached hydrogens (tertiary/aromatic N) is 4. The van der Waals surface area contributed by atoms with Gasteiger partial charge in [-0.05, 0) is 103 Å². The van der Waals surface area contributed by atoms with Crippen molar-refractivity contribution in [3.63, 3.8) is 0 Å². The number of aryl methyl sites for hydroxylation is 3. The van der Waals surface area contributed by atoms with Crippen molar-refractivity contribution in [1.29, 1.82) is 0 Å².